The van der Waals surface area contributed by atoms with E-state index in [-0.39, 0.29) is 11.6 Å². The average molecular weight is 162 g/mol. The number of anilines is 1. The number of nitrogens with zero attached hydrogens (tertiary/aromatic N) is 1. The molecule has 1 aromatic heterocycles. The van der Waals surface area contributed by atoms with Gasteiger partial charge in [-0.2, -0.15) is 0 Å². The van der Waals surface area contributed by atoms with E-state index in [2.05, 4.69) is 10.3 Å². The fraction of sp³-hybridized carbons (Fsp3) is 0. The number of carbonyl (C=O) groups excluding carboxylic acids is 1. The van der Waals surface area contributed by atoms with Gasteiger partial charge in [0.15, 0.2) is 11.6 Å². The minimum atomic E-state index is -0.635. The van der Waals surface area contributed by atoms with Crippen LogP contribution in [0.25, 0.3) is 0 Å². The zero-order chi connectivity index (χ0) is 8.97. The standard InChI is InChI=1S/C8H6N2O2/c1-2-7(12)10-8-6(11)4-3-5-9-8/h1,3-5,11H,(H,9,10,12). The van der Waals surface area contributed by atoms with Gasteiger partial charge in [0.25, 0.3) is 0 Å². The maximum absolute atomic E-state index is 10.6. The molecule has 4 heteroatoms. The topological polar surface area (TPSA) is 62.2 Å². The van der Waals surface area contributed by atoms with Gasteiger partial charge < -0.3 is 5.11 Å². The molecular formula is C8H6N2O2. The van der Waals surface area contributed by atoms with Crippen molar-refractivity contribution >= 4 is 11.7 Å². The largest absolute Gasteiger partial charge is 0.504 e. The lowest BCUT2D eigenvalue weighted by molar-refractivity contribution is -0.111. The lowest BCUT2D eigenvalue weighted by Gasteiger charge is -2.00. The van der Waals surface area contributed by atoms with Gasteiger partial charge in [0, 0.05) is 6.20 Å². The maximum Gasteiger partial charge on any atom is 0.301 e. The Balaban J connectivity index is 2.84. The van der Waals surface area contributed by atoms with Crippen molar-refractivity contribution in [1.82, 2.24) is 4.98 Å². The van der Waals surface area contributed by atoms with Gasteiger partial charge in [-0.05, 0) is 18.1 Å². The first-order valence-corrected chi connectivity index (χ1v) is 3.15. The number of hydrogen-bond donors (Lipinski definition) is 2. The number of aromatic nitrogens is 1. The van der Waals surface area contributed by atoms with Crippen molar-refractivity contribution in [1.29, 1.82) is 0 Å². The zero-order valence-electron chi connectivity index (χ0n) is 6.11. The van der Waals surface area contributed by atoms with Crippen LogP contribution in [-0.2, 0) is 4.79 Å². The molecule has 4 nitrogen and oxygen atoms in total. The first-order chi connectivity index (χ1) is 5.74. The van der Waals surface area contributed by atoms with Crippen LogP contribution < -0.4 is 5.32 Å². The predicted octanol–water partition coefficient (Wildman–Crippen LogP) is 0.359. The van der Waals surface area contributed by atoms with Crippen molar-refractivity contribution < 1.29 is 9.90 Å². The molecule has 0 aliphatic carbocycles. The molecule has 60 valence electrons. The highest BCUT2D eigenvalue weighted by atomic mass is 16.3. The van der Waals surface area contributed by atoms with Crippen LogP contribution >= 0.6 is 0 Å². The van der Waals surface area contributed by atoms with Gasteiger partial charge >= 0.3 is 5.91 Å². The van der Waals surface area contributed by atoms with Gasteiger partial charge in [0.05, 0.1) is 0 Å². The van der Waals surface area contributed by atoms with Crippen LogP contribution in [0.3, 0.4) is 0 Å². The molecule has 0 unspecified atom stereocenters. The smallest absolute Gasteiger partial charge is 0.301 e. The Morgan fingerprint density at radius 3 is 3.08 bits per heavy atom. The molecule has 0 saturated heterocycles. The monoisotopic (exact) mass is 162 g/mol. The Bertz CT molecular complexity index is 341. The van der Waals surface area contributed by atoms with Crippen LogP contribution in [0.5, 0.6) is 5.75 Å². The van der Waals surface area contributed by atoms with Crippen molar-refractivity contribution in [2.24, 2.45) is 0 Å². The maximum atomic E-state index is 10.6. The molecule has 1 heterocycles. The Kier molecular flexibility index (Phi) is 2.29. The predicted molar refractivity (Wildman–Crippen MR) is 43.4 cm³/mol. The second kappa shape index (κ2) is 3.39. The summed E-state index contributed by atoms with van der Waals surface area (Å²) in [5.74, 6) is 1.16. The third-order valence-corrected chi connectivity index (χ3v) is 1.15. The summed E-state index contributed by atoms with van der Waals surface area (Å²) in [6.45, 7) is 0. The number of hydrogen-bond acceptors (Lipinski definition) is 3. The number of carbonyl (C=O) groups is 1. The molecule has 0 aromatic carbocycles. The molecule has 0 fully saturated rings. The highest BCUT2D eigenvalue weighted by Gasteiger charge is 2.02. The molecule has 12 heavy (non-hydrogen) atoms. The number of nitrogens with one attached hydrogen (secondary N) is 1. The summed E-state index contributed by atoms with van der Waals surface area (Å²) in [6.07, 6.45) is 6.23. The van der Waals surface area contributed by atoms with E-state index in [1.807, 2.05) is 5.92 Å². The van der Waals surface area contributed by atoms with Crippen molar-refractivity contribution in [3.63, 3.8) is 0 Å². The lowest BCUT2D eigenvalue weighted by Crippen LogP contribution is -2.09. The normalized spacial score (nSPS) is 8.58. The van der Waals surface area contributed by atoms with Crippen molar-refractivity contribution in [3.05, 3.63) is 18.3 Å². The number of terminal acetylenes is 1. The van der Waals surface area contributed by atoms with E-state index < -0.39 is 5.91 Å². The molecule has 0 aliphatic rings. The summed E-state index contributed by atoms with van der Waals surface area (Å²) >= 11 is 0. The molecule has 0 radical (unpaired) electrons. The van der Waals surface area contributed by atoms with Gasteiger partial charge in [-0.25, -0.2) is 4.98 Å². The van der Waals surface area contributed by atoms with E-state index in [1.54, 1.807) is 6.07 Å². The van der Waals surface area contributed by atoms with E-state index in [4.69, 9.17) is 11.5 Å². The molecular weight excluding hydrogens is 156 g/mol. The van der Waals surface area contributed by atoms with E-state index in [0.29, 0.717) is 0 Å². The summed E-state index contributed by atoms with van der Waals surface area (Å²) < 4.78 is 0. The van der Waals surface area contributed by atoms with Crippen LogP contribution in [0.15, 0.2) is 18.3 Å². The van der Waals surface area contributed by atoms with Crippen LogP contribution in [-0.4, -0.2) is 16.0 Å². The van der Waals surface area contributed by atoms with Crippen LogP contribution in [0.4, 0.5) is 5.82 Å². The molecule has 0 bridgehead atoms. The quantitative estimate of drug-likeness (QED) is 0.586. The number of amides is 1. The van der Waals surface area contributed by atoms with Gasteiger partial charge in [-0.15, -0.1) is 6.42 Å². The Labute approximate surface area is 69.3 Å². The van der Waals surface area contributed by atoms with Gasteiger partial charge in [0.1, 0.15) is 0 Å². The average Bonchev–Trinajstić information content (AvgIpc) is 2.09. The van der Waals surface area contributed by atoms with E-state index in [9.17, 15) is 4.79 Å². The fourth-order valence-electron chi connectivity index (χ4n) is 0.637. The van der Waals surface area contributed by atoms with E-state index >= 15 is 0 Å². The lowest BCUT2D eigenvalue weighted by atomic mass is 10.4. The molecule has 0 saturated carbocycles. The molecule has 1 rings (SSSR count). The van der Waals surface area contributed by atoms with Crippen LogP contribution in [0.2, 0.25) is 0 Å². The van der Waals surface area contributed by atoms with Gasteiger partial charge in [-0.3, -0.25) is 10.1 Å². The van der Waals surface area contributed by atoms with Crippen molar-refractivity contribution in [2.45, 2.75) is 0 Å². The summed E-state index contributed by atoms with van der Waals surface area (Å²) in [4.78, 5) is 14.3. The SMILES string of the molecule is C#CC(=O)Nc1ncccc1O. The molecule has 2 N–H and O–H groups in total. The van der Waals surface area contributed by atoms with Crippen LogP contribution in [0, 0.1) is 12.3 Å². The molecule has 1 amide bonds. The van der Waals surface area contributed by atoms with Gasteiger partial charge in [0.2, 0.25) is 0 Å². The van der Waals surface area contributed by atoms with Crippen LogP contribution in [0.1, 0.15) is 0 Å². The zero-order valence-corrected chi connectivity index (χ0v) is 6.11. The minimum Gasteiger partial charge on any atom is -0.504 e. The summed E-state index contributed by atoms with van der Waals surface area (Å²) in [5.41, 5.74) is 0. The Morgan fingerprint density at radius 2 is 2.50 bits per heavy atom. The molecule has 0 spiro atoms. The summed E-state index contributed by atoms with van der Waals surface area (Å²) in [6, 6.07) is 2.94. The third-order valence-electron chi connectivity index (χ3n) is 1.15. The first kappa shape index (κ1) is 8.08. The number of aromatic hydroxyl groups is 1. The first-order valence-electron chi connectivity index (χ1n) is 3.15. The second-order valence-electron chi connectivity index (χ2n) is 1.97. The molecule has 0 aliphatic heterocycles. The van der Waals surface area contributed by atoms with E-state index in [0.717, 1.165) is 0 Å². The number of rotatable bonds is 1. The summed E-state index contributed by atoms with van der Waals surface area (Å²) in [5, 5.41) is 11.3. The molecule has 1 aromatic rings. The molecule has 0 atom stereocenters. The van der Waals surface area contributed by atoms with E-state index in [1.165, 1.54) is 12.3 Å². The minimum absolute atomic E-state index is 0.0699. The third kappa shape index (κ3) is 1.73. The highest BCUT2D eigenvalue weighted by Crippen LogP contribution is 2.17. The Hall–Kier alpha value is -2.02. The highest BCUT2D eigenvalue weighted by molar-refractivity contribution is 6.03. The summed E-state index contributed by atoms with van der Waals surface area (Å²) in [7, 11) is 0. The Morgan fingerprint density at radius 1 is 1.75 bits per heavy atom. The fourth-order valence-corrected chi connectivity index (χ4v) is 0.637. The second-order valence-corrected chi connectivity index (χ2v) is 1.97. The van der Waals surface area contributed by atoms with Gasteiger partial charge in [-0.1, -0.05) is 0 Å². The van der Waals surface area contributed by atoms with Crippen molar-refractivity contribution in [2.75, 3.05) is 5.32 Å². The van der Waals surface area contributed by atoms with Crippen molar-refractivity contribution in [3.8, 4) is 18.1 Å². The number of pyridine rings is 1.